The first-order valence-corrected chi connectivity index (χ1v) is 10.7. The third-order valence-electron chi connectivity index (χ3n) is 6.23. The van der Waals surface area contributed by atoms with Crippen LogP contribution in [-0.2, 0) is 29.1 Å². The van der Waals surface area contributed by atoms with E-state index in [1.54, 1.807) is 6.08 Å². The van der Waals surface area contributed by atoms with Gasteiger partial charge in [-0.1, -0.05) is 60.7 Å². The van der Waals surface area contributed by atoms with Crippen molar-refractivity contribution in [1.29, 1.82) is 0 Å². The van der Waals surface area contributed by atoms with Crippen LogP contribution in [0.25, 0.3) is 0 Å². The molecule has 1 fully saturated rings. The van der Waals surface area contributed by atoms with Crippen molar-refractivity contribution in [3.63, 3.8) is 0 Å². The van der Waals surface area contributed by atoms with Gasteiger partial charge in [-0.25, -0.2) is 0 Å². The number of aryl methyl sites for hydroxylation is 1. The molecule has 0 radical (unpaired) electrons. The SMILES string of the molecule is NC(=O)[C@@H]1CCCN1C(C=CC(=O)N1Cc2ccccc2C1)CCc1ccccc1. The van der Waals surface area contributed by atoms with E-state index in [-0.39, 0.29) is 23.9 Å². The zero-order valence-corrected chi connectivity index (χ0v) is 17.2. The minimum Gasteiger partial charge on any atom is -0.368 e. The van der Waals surface area contributed by atoms with Gasteiger partial charge in [0.15, 0.2) is 0 Å². The lowest BCUT2D eigenvalue weighted by Gasteiger charge is -2.30. The van der Waals surface area contributed by atoms with Gasteiger partial charge in [-0.15, -0.1) is 0 Å². The van der Waals surface area contributed by atoms with E-state index in [4.69, 9.17) is 5.73 Å². The monoisotopic (exact) mass is 403 g/mol. The lowest BCUT2D eigenvalue weighted by atomic mass is 10.0. The molecule has 2 aromatic carbocycles. The van der Waals surface area contributed by atoms with Crippen molar-refractivity contribution in [2.45, 2.75) is 50.9 Å². The van der Waals surface area contributed by atoms with Crippen molar-refractivity contribution in [2.75, 3.05) is 6.54 Å². The normalized spacial score (nSPS) is 19.9. The number of benzene rings is 2. The van der Waals surface area contributed by atoms with Crippen LogP contribution in [0, 0.1) is 0 Å². The molecule has 1 unspecified atom stereocenters. The quantitative estimate of drug-likeness (QED) is 0.723. The van der Waals surface area contributed by atoms with Crippen LogP contribution in [0.15, 0.2) is 66.7 Å². The first-order chi connectivity index (χ1) is 14.6. The molecule has 2 N–H and O–H groups in total. The molecule has 1 saturated heterocycles. The standard InChI is InChI=1S/C25H29N3O2/c26-25(30)23-11-6-16-28(23)22(13-12-19-7-2-1-3-8-19)14-15-24(29)27-17-20-9-4-5-10-21(20)18-27/h1-5,7-10,14-15,22-23H,6,11-13,16-18H2,(H2,26,30)/t22?,23-/m0/s1. The highest BCUT2D eigenvalue weighted by molar-refractivity contribution is 5.88. The van der Waals surface area contributed by atoms with Crippen molar-refractivity contribution < 1.29 is 9.59 Å². The molecule has 0 saturated carbocycles. The molecule has 2 atom stereocenters. The van der Waals surface area contributed by atoms with Gasteiger partial charge in [-0.3, -0.25) is 14.5 Å². The molecule has 0 spiro atoms. The molecule has 0 aliphatic carbocycles. The highest BCUT2D eigenvalue weighted by atomic mass is 16.2. The Morgan fingerprint density at radius 2 is 1.70 bits per heavy atom. The van der Waals surface area contributed by atoms with E-state index >= 15 is 0 Å². The van der Waals surface area contributed by atoms with Crippen LogP contribution < -0.4 is 5.73 Å². The van der Waals surface area contributed by atoms with Crippen LogP contribution in [0.3, 0.4) is 0 Å². The van der Waals surface area contributed by atoms with Crippen LogP contribution >= 0.6 is 0 Å². The van der Waals surface area contributed by atoms with Crippen LogP contribution in [-0.4, -0.2) is 40.2 Å². The van der Waals surface area contributed by atoms with Crippen molar-refractivity contribution in [3.8, 4) is 0 Å². The number of hydrogen-bond donors (Lipinski definition) is 1. The maximum Gasteiger partial charge on any atom is 0.246 e. The first-order valence-electron chi connectivity index (χ1n) is 10.7. The zero-order valence-electron chi connectivity index (χ0n) is 17.2. The fourth-order valence-corrected chi connectivity index (χ4v) is 4.61. The van der Waals surface area contributed by atoms with E-state index in [0.29, 0.717) is 13.1 Å². The van der Waals surface area contributed by atoms with Gasteiger partial charge in [-0.2, -0.15) is 0 Å². The fraction of sp³-hybridized carbons (Fsp3) is 0.360. The summed E-state index contributed by atoms with van der Waals surface area (Å²) < 4.78 is 0. The van der Waals surface area contributed by atoms with Gasteiger partial charge >= 0.3 is 0 Å². The van der Waals surface area contributed by atoms with E-state index in [9.17, 15) is 9.59 Å². The predicted molar refractivity (Wildman–Crippen MR) is 117 cm³/mol. The van der Waals surface area contributed by atoms with Crippen LogP contribution in [0.1, 0.15) is 36.0 Å². The average molecular weight is 404 g/mol. The lowest BCUT2D eigenvalue weighted by molar-refractivity contribution is -0.126. The summed E-state index contributed by atoms with van der Waals surface area (Å²) in [7, 11) is 0. The topological polar surface area (TPSA) is 66.6 Å². The van der Waals surface area contributed by atoms with Crippen molar-refractivity contribution >= 4 is 11.8 Å². The number of likely N-dealkylation sites (tertiary alicyclic amines) is 1. The molecule has 2 aromatic rings. The Labute approximate surface area is 178 Å². The van der Waals surface area contributed by atoms with Gasteiger partial charge in [0.2, 0.25) is 11.8 Å². The van der Waals surface area contributed by atoms with E-state index in [2.05, 4.69) is 29.2 Å². The minimum atomic E-state index is -0.271. The highest BCUT2D eigenvalue weighted by Crippen LogP contribution is 2.25. The summed E-state index contributed by atoms with van der Waals surface area (Å²) in [5, 5.41) is 0. The summed E-state index contributed by atoms with van der Waals surface area (Å²) in [6, 6.07) is 18.3. The lowest BCUT2D eigenvalue weighted by Crippen LogP contribution is -2.45. The summed E-state index contributed by atoms with van der Waals surface area (Å²) in [6.45, 7) is 2.14. The number of carbonyl (C=O) groups is 2. The Kier molecular flexibility index (Phi) is 6.29. The molecule has 4 rings (SSSR count). The second kappa shape index (κ2) is 9.26. The van der Waals surface area contributed by atoms with Gasteiger partial charge in [0, 0.05) is 25.2 Å². The first kappa shape index (κ1) is 20.4. The molecule has 2 aliphatic rings. The molecule has 0 bridgehead atoms. The summed E-state index contributed by atoms with van der Waals surface area (Å²) in [5.41, 5.74) is 9.35. The van der Waals surface area contributed by atoms with Gasteiger partial charge in [0.05, 0.1) is 6.04 Å². The molecular formula is C25H29N3O2. The van der Waals surface area contributed by atoms with Gasteiger partial charge in [0.1, 0.15) is 0 Å². The summed E-state index contributed by atoms with van der Waals surface area (Å²) in [4.78, 5) is 28.8. The number of fused-ring (bicyclic) bond motifs is 1. The minimum absolute atomic E-state index is 0.0131. The second-order valence-electron chi connectivity index (χ2n) is 8.21. The Morgan fingerprint density at radius 1 is 1.03 bits per heavy atom. The molecule has 5 heteroatoms. The number of rotatable bonds is 7. The van der Waals surface area contributed by atoms with Crippen molar-refractivity contribution in [1.82, 2.24) is 9.80 Å². The van der Waals surface area contributed by atoms with Crippen molar-refractivity contribution in [3.05, 3.63) is 83.4 Å². The zero-order chi connectivity index (χ0) is 20.9. The highest BCUT2D eigenvalue weighted by Gasteiger charge is 2.33. The maximum atomic E-state index is 12.9. The Hall–Kier alpha value is -2.92. The summed E-state index contributed by atoms with van der Waals surface area (Å²) in [5.74, 6) is -0.252. The molecule has 2 heterocycles. The number of hydrogen-bond acceptors (Lipinski definition) is 3. The average Bonchev–Trinajstić information content (AvgIpc) is 3.41. The largest absolute Gasteiger partial charge is 0.368 e. The van der Waals surface area contributed by atoms with Crippen LogP contribution in [0.5, 0.6) is 0 Å². The molecule has 2 aliphatic heterocycles. The molecule has 30 heavy (non-hydrogen) atoms. The van der Waals surface area contributed by atoms with Gasteiger partial charge < -0.3 is 10.6 Å². The second-order valence-corrected chi connectivity index (χ2v) is 8.21. The number of amides is 2. The third-order valence-corrected chi connectivity index (χ3v) is 6.23. The molecule has 5 nitrogen and oxygen atoms in total. The number of carbonyl (C=O) groups excluding carboxylic acids is 2. The molecular weight excluding hydrogens is 374 g/mol. The molecule has 2 amide bonds. The summed E-state index contributed by atoms with van der Waals surface area (Å²) in [6.07, 6.45) is 7.16. The van der Waals surface area contributed by atoms with E-state index in [0.717, 1.165) is 32.2 Å². The molecule has 156 valence electrons. The number of primary amides is 1. The van der Waals surface area contributed by atoms with E-state index in [1.807, 2.05) is 41.3 Å². The van der Waals surface area contributed by atoms with Crippen LogP contribution in [0.2, 0.25) is 0 Å². The smallest absolute Gasteiger partial charge is 0.246 e. The van der Waals surface area contributed by atoms with Gasteiger partial charge in [-0.05, 0) is 48.9 Å². The Balaban J connectivity index is 1.46. The summed E-state index contributed by atoms with van der Waals surface area (Å²) >= 11 is 0. The predicted octanol–water partition coefficient (Wildman–Crippen LogP) is 3.04. The maximum absolute atomic E-state index is 12.9. The van der Waals surface area contributed by atoms with Crippen molar-refractivity contribution in [2.24, 2.45) is 5.73 Å². The Bertz CT molecular complexity index is 900. The van der Waals surface area contributed by atoms with E-state index in [1.165, 1.54) is 16.7 Å². The van der Waals surface area contributed by atoms with E-state index < -0.39 is 0 Å². The fourth-order valence-electron chi connectivity index (χ4n) is 4.61. The molecule has 0 aromatic heterocycles. The van der Waals surface area contributed by atoms with Crippen LogP contribution in [0.4, 0.5) is 0 Å². The Morgan fingerprint density at radius 3 is 2.37 bits per heavy atom. The third kappa shape index (κ3) is 4.62. The number of nitrogens with two attached hydrogens (primary N) is 1. The van der Waals surface area contributed by atoms with Gasteiger partial charge in [0.25, 0.3) is 0 Å². The number of nitrogens with zero attached hydrogens (tertiary/aromatic N) is 2.